The van der Waals surface area contributed by atoms with E-state index in [1.807, 2.05) is 0 Å². The third-order valence-electron chi connectivity index (χ3n) is 2.26. The van der Waals surface area contributed by atoms with Crippen molar-refractivity contribution in [2.45, 2.75) is 50.7 Å². The van der Waals surface area contributed by atoms with Gasteiger partial charge in [0.1, 0.15) is 0 Å². The van der Waals surface area contributed by atoms with Gasteiger partial charge in [0.15, 0.2) is 0 Å². The Bertz CT molecular complexity index is 228. The quantitative estimate of drug-likeness (QED) is 0.320. The first kappa shape index (κ1) is 18.9. The minimum absolute atomic E-state index is 0. The smallest absolute Gasteiger partial charge is 0.748 e. The second-order valence-corrected chi connectivity index (χ2v) is 5.37. The molecule has 0 bridgehead atoms. The molecule has 0 aromatic carbocycles. The summed E-state index contributed by atoms with van der Waals surface area (Å²) < 4.78 is 31.5. The van der Waals surface area contributed by atoms with Crippen LogP contribution in [0.4, 0.5) is 0 Å². The van der Waals surface area contributed by atoms with Crippen molar-refractivity contribution in [1.82, 2.24) is 0 Å². The maximum absolute atomic E-state index is 10.5. The summed E-state index contributed by atoms with van der Waals surface area (Å²) in [5.74, 6) is 0. The zero-order chi connectivity index (χ0) is 11.0. The van der Waals surface area contributed by atoms with E-state index in [9.17, 15) is 13.0 Å². The summed E-state index contributed by atoms with van der Waals surface area (Å²) in [5.41, 5.74) is 0. The molecule has 0 aliphatic rings. The number of unbranched alkanes of at least 4 members (excludes halogenated alkanes) is 4. The van der Waals surface area contributed by atoms with Crippen LogP contribution < -0.4 is 51.4 Å². The Morgan fingerprint density at radius 1 is 1.13 bits per heavy atom. The van der Waals surface area contributed by atoms with Gasteiger partial charge in [0.05, 0.1) is 10.1 Å². The topological polar surface area (TPSA) is 77.4 Å². The van der Waals surface area contributed by atoms with Crippen molar-refractivity contribution in [3.8, 4) is 0 Å². The van der Waals surface area contributed by atoms with Crippen LogP contribution in [0.15, 0.2) is 0 Å². The van der Waals surface area contributed by atoms with Crippen LogP contribution in [-0.4, -0.2) is 29.9 Å². The van der Waals surface area contributed by atoms with Gasteiger partial charge >= 0.3 is 51.4 Å². The van der Waals surface area contributed by atoms with Crippen molar-refractivity contribution in [3.63, 3.8) is 0 Å². The molecule has 0 spiro atoms. The van der Waals surface area contributed by atoms with E-state index in [-0.39, 0.29) is 58.0 Å². The van der Waals surface area contributed by atoms with Gasteiger partial charge in [-0.15, -0.1) is 0 Å². The van der Waals surface area contributed by atoms with Gasteiger partial charge in [0.25, 0.3) is 0 Å². The Hall–Kier alpha value is 1.51. The van der Waals surface area contributed by atoms with Crippen LogP contribution in [-0.2, 0) is 10.1 Å². The van der Waals surface area contributed by atoms with Crippen LogP contribution in [0.2, 0.25) is 0 Å². The predicted molar refractivity (Wildman–Crippen MR) is 53.9 cm³/mol. The van der Waals surface area contributed by atoms with Gasteiger partial charge < -0.3 is 9.66 Å². The Morgan fingerprint density at radius 3 is 2.07 bits per heavy atom. The molecule has 4 nitrogen and oxygen atoms in total. The van der Waals surface area contributed by atoms with Crippen molar-refractivity contribution in [2.75, 3.05) is 6.61 Å². The third-order valence-corrected chi connectivity index (χ3v) is 3.48. The monoisotopic (exact) mass is 262 g/mol. The standard InChI is InChI=1S/C9H20O4S.K/c1-9(14(11,12)13)7-5-3-2-4-6-8-10;/h9-10H,2-8H2,1H3,(H,11,12,13);/q;+1/p-1. The number of aliphatic hydroxyl groups is 1. The molecule has 0 aromatic heterocycles. The van der Waals surface area contributed by atoms with Gasteiger partial charge in [-0.25, -0.2) is 8.42 Å². The van der Waals surface area contributed by atoms with Crippen LogP contribution in [0.5, 0.6) is 0 Å². The van der Waals surface area contributed by atoms with Gasteiger partial charge in [0.2, 0.25) is 0 Å². The zero-order valence-corrected chi connectivity index (χ0v) is 13.5. The van der Waals surface area contributed by atoms with E-state index in [1.54, 1.807) is 0 Å². The fourth-order valence-electron chi connectivity index (χ4n) is 1.22. The molecule has 1 N–H and O–H groups in total. The van der Waals surface area contributed by atoms with Gasteiger partial charge in [0, 0.05) is 11.9 Å². The molecular weight excluding hydrogens is 243 g/mol. The molecule has 0 saturated heterocycles. The number of aliphatic hydroxyl groups excluding tert-OH is 1. The third kappa shape index (κ3) is 11.8. The Labute approximate surface area is 135 Å². The molecular formula is C9H19KO4S. The normalized spacial score (nSPS) is 13.3. The Kier molecular flexibility index (Phi) is 13.4. The molecule has 0 saturated carbocycles. The van der Waals surface area contributed by atoms with Crippen molar-refractivity contribution in [3.05, 3.63) is 0 Å². The summed E-state index contributed by atoms with van der Waals surface area (Å²) in [5, 5.41) is 7.73. The number of hydrogen-bond donors (Lipinski definition) is 1. The van der Waals surface area contributed by atoms with Crippen molar-refractivity contribution >= 4 is 10.1 Å². The van der Waals surface area contributed by atoms with Crippen molar-refractivity contribution in [2.24, 2.45) is 0 Å². The first-order chi connectivity index (χ1) is 6.48. The molecule has 1 atom stereocenters. The SMILES string of the molecule is CC(CCCCCCCO)S(=O)(=O)[O-].[K+]. The average molecular weight is 262 g/mol. The van der Waals surface area contributed by atoms with Crippen molar-refractivity contribution in [1.29, 1.82) is 0 Å². The van der Waals surface area contributed by atoms with Gasteiger partial charge in [-0.05, 0) is 19.8 Å². The molecule has 0 radical (unpaired) electrons. The summed E-state index contributed by atoms with van der Waals surface area (Å²) in [4.78, 5) is 0. The molecule has 0 amide bonds. The molecule has 0 aromatic rings. The first-order valence-electron chi connectivity index (χ1n) is 5.04. The molecule has 0 aliphatic carbocycles. The Balaban J connectivity index is 0. The molecule has 86 valence electrons. The summed E-state index contributed by atoms with van der Waals surface area (Å²) in [7, 11) is -4.09. The second-order valence-electron chi connectivity index (χ2n) is 3.58. The molecule has 0 fully saturated rings. The molecule has 1 unspecified atom stereocenters. The maximum atomic E-state index is 10.5. The van der Waals surface area contributed by atoms with Crippen LogP contribution in [0, 0.1) is 0 Å². The van der Waals surface area contributed by atoms with Crippen LogP contribution >= 0.6 is 0 Å². The molecule has 6 heteroatoms. The largest absolute Gasteiger partial charge is 1.00 e. The molecule has 0 aliphatic heterocycles. The van der Waals surface area contributed by atoms with Crippen LogP contribution in [0.3, 0.4) is 0 Å². The summed E-state index contributed by atoms with van der Waals surface area (Å²) in [6, 6.07) is 0. The van der Waals surface area contributed by atoms with E-state index < -0.39 is 15.4 Å². The maximum Gasteiger partial charge on any atom is 1.00 e. The van der Waals surface area contributed by atoms with Crippen LogP contribution in [0.1, 0.15) is 45.4 Å². The number of rotatable bonds is 8. The van der Waals surface area contributed by atoms with E-state index in [0.29, 0.717) is 6.42 Å². The zero-order valence-electron chi connectivity index (χ0n) is 9.61. The summed E-state index contributed by atoms with van der Waals surface area (Å²) in [6.07, 6.45) is 4.91. The van der Waals surface area contributed by atoms with E-state index in [4.69, 9.17) is 5.11 Å². The number of hydrogen-bond acceptors (Lipinski definition) is 4. The first-order valence-corrected chi connectivity index (χ1v) is 6.51. The van der Waals surface area contributed by atoms with E-state index in [1.165, 1.54) is 6.92 Å². The van der Waals surface area contributed by atoms with E-state index in [2.05, 4.69) is 0 Å². The van der Waals surface area contributed by atoms with E-state index in [0.717, 1.165) is 32.1 Å². The summed E-state index contributed by atoms with van der Waals surface area (Å²) >= 11 is 0. The molecule has 15 heavy (non-hydrogen) atoms. The van der Waals surface area contributed by atoms with Crippen molar-refractivity contribution < 1.29 is 69.5 Å². The molecule has 0 heterocycles. The van der Waals surface area contributed by atoms with E-state index >= 15 is 0 Å². The van der Waals surface area contributed by atoms with Crippen LogP contribution in [0.25, 0.3) is 0 Å². The minimum Gasteiger partial charge on any atom is -0.748 e. The van der Waals surface area contributed by atoms with Gasteiger partial charge in [-0.2, -0.15) is 0 Å². The average Bonchev–Trinajstić information content (AvgIpc) is 2.09. The van der Waals surface area contributed by atoms with Gasteiger partial charge in [-0.1, -0.05) is 25.7 Å². The fraction of sp³-hybridized carbons (Fsp3) is 1.00. The predicted octanol–water partition coefficient (Wildman–Crippen LogP) is -1.74. The van der Waals surface area contributed by atoms with Gasteiger partial charge in [-0.3, -0.25) is 0 Å². The minimum atomic E-state index is -4.09. The second kappa shape index (κ2) is 10.6. The molecule has 0 rings (SSSR count). The summed E-state index contributed by atoms with van der Waals surface area (Å²) in [6.45, 7) is 1.67. The fourth-order valence-corrected chi connectivity index (χ4v) is 1.67. The Morgan fingerprint density at radius 2 is 1.60 bits per heavy atom.